The number of allylic oxidation sites excluding steroid dienone is 4. The first-order valence-electron chi connectivity index (χ1n) is 9.16. The fourth-order valence-corrected chi connectivity index (χ4v) is 2.98. The third-order valence-corrected chi connectivity index (χ3v) is 4.82. The topological polar surface area (TPSA) is 13.1 Å². The van der Waals surface area contributed by atoms with Gasteiger partial charge in [0.1, 0.15) is 11.3 Å². The van der Waals surface area contributed by atoms with Gasteiger partial charge in [-0.2, -0.15) is 0 Å². The maximum absolute atomic E-state index is 6.09. The Morgan fingerprint density at radius 3 is 2.42 bits per heavy atom. The first-order chi connectivity index (χ1) is 11.4. The summed E-state index contributed by atoms with van der Waals surface area (Å²) in [5, 5.41) is 1.23. The van der Waals surface area contributed by atoms with E-state index in [4.69, 9.17) is 4.42 Å². The van der Waals surface area contributed by atoms with Gasteiger partial charge >= 0.3 is 0 Å². The summed E-state index contributed by atoms with van der Waals surface area (Å²) >= 11 is 0. The number of aryl methyl sites for hydroxylation is 2. The summed E-state index contributed by atoms with van der Waals surface area (Å²) in [5.74, 6) is 1.57. The molecule has 1 nitrogen and oxygen atoms in total. The molecule has 0 aliphatic heterocycles. The van der Waals surface area contributed by atoms with E-state index in [1.807, 2.05) is 0 Å². The highest BCUT2D eigenvalue weighted by Gasteiger charge is 2.12. The van der Waals surface area contributed by atoms with Crippen molar-refractivity contribution in [2.75, 3.05) is 0 Å². The van der Waals surface area contributed by atoms with Crippen LogP contribution in [0.1, 0.15) is 76.2 Å². The molecule has 0 aliphatic rings. The Morgan fingerprint density at radius 1 is 1.00 bits per heavy atom. The van der Waals surface area contributed by atoms with Gasteiger partial charge in [-0.3, -0.25) is 0 Å². The molecule has 0 N–H and O–H groups in total. The Bertz CT molecular complexity index is 700. The summed E-state index contributed by atoms with van der Waals surface area (Å²) in [6.07, 6.45) is 9.30. The van der Waals surface area contributed by atoms with Crippen molar-refractivity contribution < 1.29 is 4.42 Å². The Kier molecular flexibility index (Phi) is 6.48. The fourth-order valence-electron chi connectivity index (χ4n) is 2.98. The molecular weight excluding hydrogens is 292 g/mol. The van der Waals surface area contributed by atoms with Crippen LogP contribution in [0.5, 0.6) is 0 Å². The number of rotatable bonds is 7. The average Bonchev–Trinajstić information content (AvgIpc) is 2.90. The zero-order chi connectivity index (χ0) is 17.7. The molecule has 0 aliphatic carbocycles. The second kappa shape index (κ2) is 8.37. The molecule has 0 bridgehead atoms. The Morgan fingerprint density at radius 2 is 1.71 bits per heavy atom. The lowest BCUT2D eigenvalue weighted by molar-refractivity contribution is 0.491. The van der Waals surface area contributed by atoms with E-state index in [2.05, 4.69) is 71.9 Å². The van der Waals surface area contributed by atoms with Crippen molar-refractivity contribution in [3.63, 3.8) is 0 Å². The Balaban J connectivity index is 1.92. The van der Waals surface area contributed by atoms with Gasteiger partial charge in [0.15, 0.2) is 0 Å². The summed E-state index contributed by atoms with van der Waals surface area (Å²) in [4.78, 5) is 0. The third kappa shape index (κ3) is 5.12. The smallest absolute Gasteiger partial charge is 0.134 e. The maximum atomic E-state index is 6.09. The first-order valence-corrected chi connectivity index (χ1v) is 9.16. The monoisotopic (exact) mass is 324 g/mol. The summed E-state index contributed by atoms with van der Waals surface area (Å²) in [7, 11) is 0. The van der Waals surface area contributed by atoms with Crippen molar-refractivity contribution >= 4 is 11.0 Å². The molecule has 24 heavy (non-hydrogen) atoms. The van der Waals surface area contributed by atoms with Crippen LogP contribution in [0, 0.1) is 13.8 Å². The van der Waals surface area contributed by atoms with Gasteiger partial charge in [-0.1, -0.05) is 30.2 Å². The number of hydrogen-bond acceptors (Lipinski definition) is 1. The maximum Gasteiger partial charge on any atom is 0.134 e. The predicted molar refractivity (Wildman–Crippen MR) is 106 cm³/mol. The molecule has 0 spiro atoms. The average molecular weight is 325 g/mol. The number of hydrogen-bond donors (Lipinski definition) is 0. The molecule has 0 amide bonds. The van der Waals surface area contributed by atoms with Gasteiger partial charge in [0.2, 0.25) is 0 Å². The van der Waals surface area contributed by atoms with E-state index in [1.54, 1.807) is 0 Å². The molecule has 1 atom stereocenters. The van der Waals surface area contributed by atoms with Gasteiger partial charge in [0, 0.05) is 11.3 Å². The fraction of sp³-hybridized carbons (Fsp3) is 0.478. The van der Waals surface area contributed by atoms with E-state index in [1.165, 1.54) is 34.1 Å². The van der Waals surface area contributed by atoms with Crippen molar-refractivity contribution in [1.82, 2.24) is 0 Å². The summed E-state index contributed by atoms with van der Waals surface area (Å²) in [6, 6.07) is 6.61. The van der Waals surface area contributed by atoms with Gasteiger partial charge in [-0.25, -0.2) is 0 Å². The summed E-state index contributed by atoms with van der Waals surface area (Å²) < 4.78 is 6.09. The minimum atomic E-state index is 0.458. The van der Waals surface area contributed by atoms with E-state index in [-0.39, 0.29) is 0 Å². The minimum absolute atomic E-state index is 0.458. The van der Waals surface area contributed by atoms with Crippen LogP contribution in [0.25, 0.3) is 11.0 Å². The second-order valence-electron chi connectivity index (χ2n) is 7.47. The van der Waals surface area contributed by atoms with E-state index in [0.29, 0.717) is 5.92 Å². The number of furan rings is 1. The standard InChI is InChI=1S/C23H32O/c1-16(2)9-7-10-17(3)11-8-12-18(4)22-15-21-13-19(5)20(6)14-23(21)24-22/h9,11,13-15,18H,7-8,10,12H2,1-6H3/b17-11+. The van der Waals surface area contributed by atoms with Crippen LogP contribution < -0.4 is 0 Å². The van der Waals surface area contributed by atoms with Crippen LogP contribution >= 0.6 is 0 Å². The molecule has 0 saturated carbocycles. The third-order valence-electron chi connectivity index (χ3n) is 4.82. The van der Waals surface area contributed by atoms with E-state index < -0.39 is 0 Å². The summed E-state index contributed by atoms with van der Waals surface area (Å²) in [5.41, 5.74) is 6.55. The molecule has 0 radical (unpaired) electrons. The molecule has 1 heterocycles. The van der Waals surface area contributed by atoms with Crippen molar-refractivity contribution in [2.45, 2.75) is 73.1 Å². The molecular formula is C23H32O. The molecule has 1 aromatic carbocycles. The zero-order valence-electron chi connectivity index (χ0n) is 16.2. The lowest BCUT2D eigenvalue weighted by atomic mass is 10.00. The minimum Gasteiger partial charge on any atom is -0.461 e. The van der Waals surface area contributed by atoms with E-state index in [9.17, 15) is 0 Å². The highest BCUT2D eigenvalue weighted by atomic mass is 16.3. The van der Waals surface area contributed by atoms with Gasteiger partial charge in [-0.15, -0.1) is 0 Å². The number of benzene rings is 1. The lowest BCUT2D eigenvalue weighted by Crippen LogP contribution is -1.90. The molecule has 0 saturated heterocycles. The van der Waals surface area contributed by atoms with Gasteiger partial charge < -0.3 is 4.42 Å². The SMILES string of the molecule is CC(C)=CCC/C(C)=C/CCC(C)c1cc2cc(C)c(C)cc2o1. The molecule has 1 unspecified atom stereocenters. The lowest BCUT2D eigenvalue weighted by Gasteiger charge is -2.06. The van der Waals surface area contributed by atoms with Gasteiger partial charge in [0.05, 0.1) is 0 Å². The predicted octanol–water partition coefficient (Wildman–Crippen LogP) is 7.63. The van der Waals surface area contributed by atoms with Crippen LogP contribution in [-0.2, 0) is 0 Å². The van der Waals surface area contributed by atoms with Crippen LogP contribution in [0.3, 0.4) is 0 Å². The first kappa shape index (κ1) is 18.6. The van der Waals surface area contributed by atoms with Crippen molar-refractivity contribution in [2.24, 2.45) is 0 Å². The van der Waals surface area contributed by atoms with Crippen molar-refractivity contribution in [3.8, 4) is 0 Å². The van der Waals surface area contributed by atoms with Gasteiger partial charge in [0.25, 0.3) is 0 Å². The zero-order valence-corrected chi connectivity index (χ0v) is 16.2. The van der Waals surface area contributed by atoms with Crippen molar-refractivity contribution in [1.29, 1.82) is 0 Å². The van der Waals surface area contributed by atoms with Crippen LogP contribution in [0.2, 0.25) is 0 Å². The van der Waals surface area contributed by atoms with E-state index >= 15 is 0 Å². The van der Waals surface area contributed by atoms with E-state index in [0.717, 1.165) is 30.6 Å². The second-order valence-corrected chi connectivity index (χ2v) is 7.47. The molecule has 2 rings (SSSR count). The molecule has 0 fully saturated rings. The molecule has 130 valence electrons. The highest BCUT2D eigenvalue weighted by Crippen LogP contribution is 2.29. The molecule has 1 heteroatoms. The summed E-state index contributed by atoms with van der Waals surface area (Å²) in [6.45, 7) is 13.1. The Labute approximate surface area is 147 Å². The van der Waals surface area contributed by atoms with Crippen LogP contribution in [-0.4, -0.2) is 0 Å². The van der Waals surface area contributed by atoms with Crippen LogP contribution in [0.15, 0.2) is 45.9 Å². The quantitative estimate of drug-likeness (QED) is 0.477. The largest absolute Gasteiger partial charge is 0.461 e. The van der Waals surface area contributed by atoms with Crippen molar-refractivity contribution in [3.05, 3.63) is 58.4 Å². The molecule has 2 aromatic rings. The normalized spacial score (nSPS) is 13.3. The Hall–Kier alpha value is -1.76. The number of fused-ring (bicyclic) bond motifs is 1. The molecule has 1 aromatic heterocycles. The van der Waals surface area contributed by atoms with Crippen LogP contribution in [0.4, 0.5) is 0 Å². The highest BCUT2D eigenvalue weighted by molar-refractivity contribution is 5.79. The van der Waals surface area contributed by atoms with Gasteiger partial charge in [-0.05, 0) is 89.6 Å².